The van der Waals surface area contributed by atoms with E-state index in [1.165, 1.54) is 10.9 Å². The number of nitrogens with zero attached hydrogens (tertiary/aromatic N) is 2. The van der Waals surface area contributed by atoms with Crippen molar-refractivity contribution in [1.82, 2.24) is 15.2 Å². The fourth-order valence-electron chi connectivity index (χ4n) is 3.05. The van der Waals surface area contributed by atoms with Gasteiger partial charge in [0.15, 0.2) is 0 Å². The molecule has 4 heteroatoms. The number of fused-ring (bicyclic) bond motifs is 1. The molecule has 1 N–H and O–H groups in total. The Morgan fingerprint density at radius 3 is 3.05 bits per heavy atom. The molecular weight excluding hydrogens is 262 g/mol. The lowest BCUT2D eigenvalue weighted by Gasteiger charge is -2.36. The fourth-order valence-corrected chi connectivity index (χ4v) is 3.05. The smallest absolute Gasteiger partial charge is 0.0897 e. The van der Waals surface area contributed by atoms with Crippen LogP contribution in [-0.4, -0.2) is 49.3 Å². The molecule has 2 atom stereocenters. The average Bonchev–Trinajstić information content (AvgIpc) is 2.52. The minimum atomic E-state index is 0.163. The molecule has 0 saturated carbocycles. The third-order valence-electron chi connectivity index (χ3n) is 4.09. The zero-order valence-corrected chi connectivity index (χ0v) is 12.7. The number of nitrogens with one attached hydrogen (secondary N) is 1. The molecule has 1 aromatic heterocycles. The van der Waals surface area contributed by atoms with E-state index in [0.717, 1.165) is 31.8 Å². The van der Waals surface area contributed by atoms with Gasteiger partial charge >= 0.3 is 0 Å². The molecule has 1 aromatic carbocycles. The molecule has 3 rings (SSSR count). The average molecular weight is 285 g/mol. The number of hydrogen-bond acceptors (Lipinski definition) is 4. The third-order valence-corrected chi connectivity index (χ3v) is 4.09. The van der Waals surface area contributed by atoms with E-state index in [-0.39, 0.29) is 12.1 Å². The van der Waals surface area contributed by atoms with Gasteiger partial charge in [-0.2, -0.15) is 0 Å². The molecule has 1 fully saturated rings. The van der Waals surface area contributed by atoms with Crippen LogP contribution in [0.25, 0.3) is 10.9 Å². The topological polar surface area (TPSA) is 37.4 Å². The first-order chi connectivity index (χ1) is 10.3. The minimum Gasteiger partial charge on any atom is -0.374 e. The van der Waals surface area contributed by atoms with Crippen LogP contribution in [0.5, 0.6) is 0 Å². The van der Waals surface area contributed by atoms with Crippen LogP contribution in [0.2, 0.25) is 0 Å². The first-order valence-corrected chi connectivity index (χ1v) is 7.66. The summed E-state index contributed by atoms with van der Waals surface area (Å²) in [6.07, 6.45) is 2.03. The van der Waals surface area contributed by atoms with Crippen LogP contribution in [0.4, 0.5) is 0 Å². The molecule has 0 amide bonds. The predicted octanol–water partition coefficient (Wildman–Crippen LogP) is 2.22. The molecule has 1 aliphatic heterocycles. The number of ether oxygens (including phenoxy) is 1. The Bertz CT molecular complexity index is 596. The molecule has 0 bridgehead atoms. The number of aromatic nitrogens is 1. The van der Waals surface area contributed by atoms with Crippen LogP contribution >= 0.6 is 0 Å². The monoisotopic (exact) mass is 285 g/mol. The maximum absolute atomic E-state index is 6.03. The number of likely N-dealkylation sites (N-methyl/N-ethyl adjacent to an activating group) is 2. The third kappa shape index (κ3) is 3.07. The van der Waals surface area contributed by atoms with Crippen molar-refractivity contribution in [3.05, 3.63) is 42.1 Å². The van der Waals surface area contributed by atoms with Crippen molar-refractivity contribution < 1.29 is 4.74 Å². The lowest BCUT2D eigenvalue weighted by atomic mass is 9.97. The number of benzene rings is 1. The summed E-state index contributed by atoms with van der Waals surface area (Å²) < 4.78 is 6.03. The van der Waals surface area contributed by atoms with Gasteiger partial charge in [-0.25, -0.2) is 0 Å². The molecule has 1 aliphatic rings. The quantitative estimate of drug-likeness (QED) is 0.934. The lowest BCUT2D eigenvalue weighted by Crippen LogP contribution is -2.46. The Balaban J connectivity index is 1.98. The molecule has 0 spiro atoms. The van der Waals surface area contributed by atoms with E-state index in [0.29, 0.717) is 0 Å². The summed E-state index contributed by atoms with van der Waals surface area (Å²) in [6, 6.07) is 10.7. The van der Waals surface area contributed by atoms with Gasteiger partial charge in [-0.3, -0.25) is 4.98 Å². The SMILES string of the molecule is CCNC(c1cccc2cccnc12)C1CN(C)CCO1. The minimum absolute atomic E-state index is 0.163. The number of para-hydroxylation sites is 1. The Morgan fingerprint density at radius 1 is 1.38 bits per heavy atom. The first-order valence-electron chi connectivity index (χ1n) is 7.66. The second-order valence-corrected chi connectivity index (χ2v) is 5.63. The van der Waals surface area contributed by atoms with E-state index in [1.807, 2.05) is 12.3 Å². The largest absolute Gasteiger partial charge is 0.374 e. The number of morpholine rings is 1. The maximum Gasteiger partial charge on any atom is 0.0897 e. The Labute approximate surface area is 126 Å². The summed E-state index contributed by atoms with van der Waals surface area (Å²) in [6.45, 7) is 5.79. The second kappa shape index (κ2) is 6.52. The van der Waals surface area contributed by atoms with E-state index in [2.05, 4.69) is 53.4 Å². The molecular formula is C17H23N3O. The van der Waals surface area contributed by atoms with Gasteiger partial charge in [0.25, 0.3) is 0 Å². The Morgan fingerprint density at radius 2 is 2.24 bits per heavy atom. The van der Waals surface area contributed by atoms with Crippen LogP contribution < -0.4 is 5.32 Å². The predicted molar refractivity (Wildman–Crippen MR) is 85.4 cm³/mol. The van der Waals surface area contributed by atoms with Gasteiger partial charge in [0.2, 0.25) is 0 Å². The van der Waals surface area contributed by atoms with Gasteiger partial charge in [0.1, 0.15) is 0 Å². The molecule has 2 unspecified atom stereocenters. The van der Waals surface area contributed by atoms with Crippen molar-refractivity contribution in [2.24, 2.45) is 0 Å². The summed E-state index contributed by atoms with van der Waals surface area (Å²) in [5, 5.41) is 4.77. The molecule has 0 radical (unpaired) electrons. The van der Waals surface area contributed by atoms with E-state index >= 15 is 0 Å². The summed E-state index contributed by atoms with van der Waals surface area (Å²) in [5.41, 5.74) is 2.30. The Kier molecular flexibility index (Phi) is 4.48. The van der Waals surface area contributed by atoms with E-state index in [1.54, 1.807) is 0 Å². The van der Waals surface area contributed by atoms with Crippen molar-refractivity contribution in [2.75, 3.05) is 33.3 Å². The molecule has 4 nitrogen and oxygen atoms in total. The van der Waals surface area contributed by atoms with Gasteiger partial charge in [-0.05, 0) is 25.2 Å². The van der Waals surface area contributed by atoms with Crippen molar-refractivity contribution in [3.8, 4) is 0 Å². The molecule has 21 heavy (non-hydrogen) atoms. The summed E-state index contributed by atoms with van der Waals surface area (Å²) in [4.78, 5) is 6.92. The number of rotatable bonds is 4. The molecule has 1 saturated heterocycles. The molecule has 2 heterocycles. The highest BCUT2D eigenvalue weighted by Gasteiger charge is 2.28. The molecule has 0 aliphatic carbocycles. The van der Waals surface area contributed by atoms with Gasteiger partial charge in [0.05, 0.1) is 24.3 Å². The van der Waals surface area contributed by atoms with Crippen LogP contribution in [0.15, 0.2) is 36.5 Å². The van der Waals surface area contributed by atoms with Crippen LogP contribution in [0, 0.1) is 0 Å². The van der Waals surface area contributed by atoms with Crippen molar-refractivity contribution >= 4 is 10.9 Å². The summed E-state index contributed by atoms with van der Waals surface area (Å²) in [5.74, 6) is 0. The van der Waals surface area contributed by atoms with Crippen LogP contribution in [0.3, 0.4) is 0 Å². The second-order valence-electron chi connectivity index (χ2n) is 5.63. The van der Waals surface area contributed by atoms with E-state index in [4.69, 9.17) is 4.74 Å². The van der Waals surface area contributed by atoms with E-state index < -0.39 is 0 Å². The van der Waals surface area contributed by atoms with Crippen molar-refractivity contribution in [3.63, 3.8) is 0 Å². The fraction of sp³-hybridized carbons (Fsp3) is 0.471. The van der Waals surface area contributed by atoms with Crippen LogP contribution in [-0.2, 0) is 4.74 Å². The highest BCUT2D eigenvalue weighted by atomic mass is 16.5. The zero-order valence-electron chi connectivity index (χ0n) is 12.7. The van der Waals surface area contributed by atoms with Gasteiger partial charge in [-0.15, -0.1) is 0 Å². The molecule has 2 aromatic rings. The molecule has 112 valence electrons. The van der Waals surface area contributed by atoms with Crippen LogP contribution in [0.1, 0.15) is 18.5 Å². The zero-order chi connectivity index (χ0) is 14.7. The van der Waals surface area contributed by atoms with Gasteiger partial charge < -0.3 is 15.0 Å². The first kappa shape index (κ1) is 14.4. The maximum atomic E-state index is 6.03. The highest BCUT2D eigenvalue weighted by Crippen LogP contribution is 2.27. The van der Waals surface area contributed by atoms with Gasteiger partial charge in [0, 0.05) is 24.7 Å². The standard InChI is InChI=1S/C17H23N3O/c1-3-18-17(15-12-20(2)10-11-21-15)14-8-4-6-13-7-5-9-19-16(13)14/h4-9,15,17-18H,3,10-12H2,1-2H3. The lowest BCUT2D eigenvalue weighted by molar-refractivity contribution is -0.0388. The number of hydrogen-bond donors (Lipinski definition) is 1. The summed E-state index contributed by atoms with van der Waals surface area (Å²) >= 11 is 0. The van der Waals surface area contributed by atoms with Gasteiger partial charge in [-0.1, -0.05) is 31.2 Å². The van der Waals surface area contributed by atoms with Crippen molar-refractivity contribution in [1.29, 1.82) is 0 Å². The summed E-state index contributed by atoms with van der Waals surface area (Å²) in [7, 11) is 2.15. The normalized spacial score (nSPS) is 21.5. The van der Waals surface area contributed by atoms with Crippen molar-refractivity contribution in [2.45, 2.75) is 19.1 Å². The number of pyridine rings is 1. The van der Waals surface area contributed by atoms with E-state index in [9.17, 15) is 0 Å². The highest BCUT2D eigenvalue weighted by molar-refractivity contribution is 5.82. The Hall–Kier alpha value is -1.49.